The molecule has 3 amide bonds. The van der Waals surface area contributed by atoms with Crippen LogP contribution in [0.15, 0.2) is 0 Å². The molecular weight excluding hydrogens is 338 g/mol. The molecule has 0 radical (unpaired) electrons. The maximum absolute atomic E-state index is 13.1. The molecule has 3 fully saturated rings. The zero-order chi connectivity index (χ0) is 18.8. The van der Waals surface area contributed by atoms with Crippen LogP contribution < -0.4 is 0 Å². The molecule has 3 aliphatic rings. The predicted molar refractivity (Wildman–Crippen MR) is 92.7 cm³/mol. The van der Waals surface area contributed by atoms with Crippen molar-refractivity contribution in [2.75, 3.05) is 20.2 Å². The molecule has 0 N–H and O–H groups in total. The van der Waals surface area contributed by atoms with Crippen molar-refractivity contribution in [2.45, 2.75) is 70.7 Å². The molecule has 26 heavy (non-hydrogen) atoms. The van der Waals surface area contributed by atoms with Crippen LogP contribution in [0.25, 0.3) is 0 Å². The van der Waals surface area contributed by atoms with Crippen molar-refractivity contribution < 1.29 is 24.0 Å². The van der Waals surface area contributed by atoms with E-state index in [0.717, 1.165) is 17.9 Å². The number of rotatable bonds is 3. The fraction of sp³-hybridized carbons (Fsp3) is 0.833. The number of piperazine rings is 1. The number of nitrogens with zero attached hydrogens (tertiary/aromatic N) is 3. The molecule has 1 saturated carbocycles. The van der Waals surface area contributed by atoms with E-state index < -0.39 is 24.4 Å². The van der Waals surface area contributed by atoms with Gasteiger partial charge in [0.05, 0.1) is 13.7 Å². The minimum absolute atomic E-state index is 0.0970. The number of ether oxygens (including phenoxy) is 1. The van der Waals surface area contributed by atoms with Crippen LogP contribution in [-0.2, 0) is 19.2 Å². The lowest BCUT2D eigenvalue weighted by atomic mass is 9.85. The number of fused-ring (bicyclic) bond motifs is 1. The third kappa shape index (κ3) is 3.39. The maximum Gasteiger partial charge on any atom is 0.435 e. The summed E-state index contributed by atoms with van der Waals surface area (Å²) in [6.07, 6.45) is 4.27. The second-order valence-electron chi connectivity index (χ2n) is 7.41. The number of hydrogen-bond donors (Lipinski definition) is 0. The first-order valence-corrected chi connectivity index (χ1v) is 9.62. The molecule has 8 nitrogen and oxygen atoms in total. The second-order valence-corrected chi connectivity index (χ2v) is 7.41. The average Bonchev–Trinajstić information content (AvgIpc) is 2.66. The summed E-state index contributed by atoms with van der Waals surface area (Å²) in [5, 5.41) is 1.15. The first-order chi connectivity index (χ1) is 12.5. The van der Waals surface area contributed by atoms with E-state index in [9.17, 15) is 14.4 Å². The van der Waals surface area contributed by atoms with Gasteiger partial charge in [-0.15, -0.1) is 0 Å². The Balaban J connectivity index is 1.84. The first kappa shape index (κ1) is 18.9. The summed E-state index contributed by atoms with van der Waals surface area (Å²) in [6, 6.07) is -0.619. The minimum atomic E-state index is -0.739. The highest BCUT2D eigenvalue weighted by Crippen LogP contribution is 2.33. The normalized spacial score (nSPS) is 30.4. The van der Waals surface area contributed by atoms with E-state index in [1.165, 1.54) is 31.3 Å². The highest BCUT2D eigenvalue weighted by molar-refractivity contribution is 5.91. The second kappa shape index (κ2) is 7.82. The fourth-order valence-corrected chi connectivity index (χ4v) is 4.37. The van der Waals surface area contributed by atoms with E-state index in [1.54, 1.807) is 11.8 Å². The van der Waals surface area contributed by atoms with Crippen molar-refractivity contribution in [1.82, 2.24) is 14.9 Å². The lowest BCUT2D eigenvalue weighted by Gasteiger charge is -2.51. The van der Waals surface area contributed by atoms with Crippen molar-refractivity contribution in [2.24, 2.45) is 5.92 Å². The zero-order valence-corrected chi connectivity index (χ0v) is 15.8. The Morgan fingerprint density at radius 2 is 1.88 bits per heavy atom. The molecule has 3 rings (SSSR count). The van der Waals surface area contributed by atoms with Crippen LogP contribution in [-0.4, -0.2) is 71.3 Å². The van der Waals surface area contributed by atoms with Crippen LogP contribution in [0, 0.1) is 5.92 Å². The molecule has 2 heterocycles. The van der Waals surface area contributed by atoms with E-state index >= 15 is 0 Å². The number of likely N-dealkylation sites (N-methyl/N-ethyl adjacent to an activating group) is 1. The smallest absolute Gasteiger partial charge is 0.435 e. The molecule has 0 spiro atoms. The third-order valence-electron chi connectivity index (χ3n) is 5.84. The summed E-state index contributed by atoms with van der Waals surface area (Å²) in [5.41, 5.74) is 0. The Morgan fingerprint density at radius 3 is 2.50 bits per heavy atom. The summed E-state index contributed by atoms with van der Waals surface area (Å²) in [5.74, 6) is 0.120. The molecular formula is C18H29N3O5. The number of amides is 3. The topological polar surface area (TPSA) is 79.4 Å². The number of carbonyl (C=O) groups is 3. The fourth-order valence-electron chi connectivity index (χ4n) is 4.37. The SMILES string of the molecule is CCN1C[C@@H]2N(C(=O)OC)O[C@@H](CC3CCCCC3)C(=O)N2[C@@H](C)C1=O. The maximum atomic E-state index is 13.1. The molecule has 0 aromatic carbocycles. The molecule has 3 atom stereocenters. The molecule has 2 saturated heterocycles. The summed E-state index contributed by atoms with van der Waals surface area (Å²) in [4.78, 5) is 46.9. The monoisotopic (exact) mass is 367 g/mol. The Bertz CT molecular complexity index is 563. The Morgan fingerprint density at radius 1 is 1.19 bits per heavy atom. The summed E-state index contributed by atoms with van der Waals surface area (Å²) >= 11 is 0. The van der Waals surface area contributed by atoms with Gasteiger partial charge < -0.3 is 14.5 Å². The van der Waals surface area contributed by atoms with Crippen LogP contribution in [0.1, 0.15) is 52.4 Å². The van der Waals surface area contributed by atoms with Crippen molar-refractivity contribution in [3.05, 3.63) is 0 Å². The lowest BCUT2D eigenvalue weighted by molar-refractivity contribution is -0.267. The molecule has 0 aromatic rings. The summed E-state index contributed by atoms with van der Waals surface area (Å²) in [6.45, 7) is 4.34. The number of hydroxylamine groups is 2. The molecule has 2 aliphatic heterocycles. The highest BCUT2D eigenvalue weighted by atomic mass is 16.7. The molecule has 0 bridgehead atoms. The number of methoxy groups -OCH3 is 1. The van der Waals surface area contributed by atoms with Crippen LogP contribution in [0.2, 0.25) is 0 Å². The van der Waals surface area contributed by atoms with Crippen molar-refractivity contribution in [3.63, 3.8) is 0 Å². The van der Waals surface area contributed by atoms with Gasteiger partial charge in [-0.25, -0.2) is 4.79 Å². The van der Waals surface area contributed by atoms with Gasteiger partial charge >= 0.3 is 6.09 Å². The standard InChI is InChI=1S/C18H29N3O5/c1-4-19-11-15-20(12(2)16(19)22)17(23)14(26-21(15)18(24)25-3)10-13-8-6-5-7-9-13/h12-15H,4-11H2,1-3H3/t12-,14-,15-/m0/s1. The van der Waals surface area contributed by atoms with Crippen LogP contribution >= 0.6 is 0 Å². The Hall–Kier alpha value is -1.83. The van der Waals surface area contributed by atoms with Crippen LogP contribution in [0.3, 0.4) is 0 Å². The van der Waals surface area contributed by atoms with Crippen LogP contribution in [0.5, 0.6) is 0 Å². The van der Waals surface area contributed by atoms with E-state index in [0.29, 0.717) is 18.9 Å². The third-order valence-corrected chi connectivity index (χ3v) is 5.84. The molecule has 0 aromatic heterocycles. The van der Waals surface area contributed by atoms with Crippen LogP contribution in [0.4, 0.5) is 4.79 Å². The van der Waals surface area contributed by atoms with Gasteiger partial charge in [-0.05, 0) is 26.2 Å². The summed E-state index contributed by atoms with van der Waals surface area (Å²) < 4.78 is 4.86. The zero-order valence-electron chi connectivity index (χ0n) is 15.8. The predicted octanol–water partition coefficient (Wildman–Crippen LogP) is 1.74. The van der Waals surface area contributed by atoms with Crippen molar-refractivity contribution in [3.8, 4) is 0 Å². The molecule has 0 unspecified atom stereocenters. The van der Waals surface area contributed by atoms with Gasteiger partial charge in [-0.3, -0.25) is 14.4 Å². The minimum Gasteiger partial charge on any atom is -0.451 e. The lowest BCUT2D eigenvalue weighted by Crippen LogP contribution is -2.73. The number of carbonyl (C=O) groups excluding carboxylic acids is 3. The van der Waals surface area contributed by atoms with E-state index in [2.05, 4.69) is 0 Å². The quantitative estimate of drug-likeness (QED) is 0.759. The van der Waals surface area contributed by atoms with Crippen molar-refractivity contribution in [1.29, 1.82) is 0 Å². The molecule has 146 valence electrons. The Kier molecular flexibility index (Phi) is 5.70. The van der Waals surface area contributed by atoms with E-state index in [4.69, 9.17) is 9.57 Å². The van der Waals surface area contributed by atoms with E-state index in [1.807, 2.05) is 6.92 Å². The summed E-state index contributed by atoms with van der Waals surface area (Å²) in [7, 11) is 1.29. The van der Waals surface area contributed by atoms with Gasteiger partial charge in [0.2, 0.25) is 5.91 Å². The largest absolute Gasteiger partial charge is 0.451 e. The highest BCUT2D eigenvalue weighted by Gasteiger charge is 2.52. The van der Waals surface area contributed by atoms with Gasteiger partial charge in [0.25, 0.3) is 5.91 Å². The molecule has 8 heteroatoms. The average molecular weight is 367 g/mol. The van der Waals surface area contributed by atoms with Gasteiger partial charge in [0, 0.05) is 6.54 Å². The van der Waals surface area contributed by atoms with Gasteiger partial charge in [0.1, 0.15) is 6.04 Å². The number of hydrogen-bond acceptors (Lipinski definition) is 5. The van der Waals surface area contributed by atoms with Gasteiger partial charge in [-0.1, -0.05) is 32.1 Å². The first-order valence-electron chi connectivity index (χ1n) is 9.62. The molecule has 1 aliphatic carbocycles. The van der Waals surface area contributed by atoms with Gasteiger partial charge in [-0.2, -0.15) is 5.06 Å². The van der Waals surface area contributed by atoms with Gasteiger partial charge in [0.15, 0.2) is 12.3 Å². The van der Waals surface area contributed by atoms with E-state index in [-0.39, 0.29) is 18.4 Å². The Labute approximate surface area is 154 Å². The van der Waals surface area contributed by atoms with Crippen molar-refractivity contribution >= 4 is 17.9 Å².